The number of rotatable bonds is 3. The number of carbonyl (C=O) groups is 1. The number of imidazole rings is 1. The lowest BCUT2D eigenvalue weighted by molar-refractivity contribution is -0.132. The van der Waals surface area contributed by atoms with E-state index in [0.29, 0.717) is 13.0 Å². The maximum Gasteiger partial charge on any atom is 0.228 e. The predicted molar refractivity (Wildman–Crippen MR) is 88.5 cm³/mol. The van der Waals surface area contributed by atoms with Gasteiger partial charge in [0.25, 0.3) is 0 Å². The second kappa shape index (κ2) is 6.07. The van der Waals surface area contributed by atoms with Crippen molar-refractivity contribution in [2.45, 2.75) is 32.2 Å². The van der Waals surface area contributed by atoms with Crippen molar-refractivity contribution in [2.75, 3.05) is 13.1 Å². The van der Waals surface area contributed by atoms with E-state index in [1.54, 1.807) is 12.7 Å². The zero-order valence-corrected chi connectivity index (χ0v) is 13.7. The summed E-state index contributed by atoms with van der Waals surface area (Å²) in [6, 6.07) is 4.23. The lowest BCUT2D eigenvalue weighted by Crippen LogP contribution is -2.41. The zero-order valence-electron chi connectivity index (χ0n) is 13.7. The molecule has 1 aliphatic rings. The summed E-state index contributed by atoms with van der Waals surface area (Å²) < 4.78 is 3.83. The van der Waals surface area contributed by atoms with Crippen LogP contribution in [-0.4, -0.2) is 48.0 Å². The van der Waals surface area contributed by atoms with E-state index in [1.807, 2.05) is 45.4 Å². The van der Waals surface area contributed by atoms with Crippen LogP contribution in [0.25, 0.3) is 5.65 Å². The average Bonchev–Trinajstić information content (AvgIpc) is 3.25. The summed E-state index contributed by atoms with van der Waals surface area (Å²) in [6.07, 6.45) is 9.53. The summed E-state index contributed by atoms with van der Waals surface area (Å²) in [7, 11) is 0. The molecule has 0 aromatic carbocycles. The molecule has 7 nitrogen and oxygen atoms in total. The molecule has 4 rings (SSSR count). The van der Waals surface area contributed by atoms with Crippen molar-refractivity contribution in [2.24, 2.45) is 0 Å². The molecular weight excluding hydrogens is 304 g/mol. The Morgan fingerprint density at radius 1 is 1.42 bits per heavy atom. The van der Waals surface area contributed by atoms with E-state index in [4.69, 9.17) is 0 Å². The number of hydrogen-bond acceptors (Lipinski definition) is 4. The van der Waals surface area contributed by atoms with Gasteiger partial charge >= 0.3 is 0 Å². The minimum absolute atomic E-state index is 0.126. The topological polar surface area (TPSA) is 68.3 Å². The van der Waals surface area contributed by atoms with Crippen molar-refractivity contribution in [1.29, 1.82) is 0 Å². The first-order chi connectivity index (χ1) is 11.7. The summed E-state index contributed by atoms with van der Waals surface area (Å²) in [4.78, 5) is 23.2. The first-order valence-corrected chi connectivity index (χ1v) is 8.26. The van der Waals surface area contributed by atoms with Gasteiger partial charge in [-0.25, -0.2) is 14.6 Å². The number of carbonyl (C=O) groups excluding carboxylic acids is 1. The fourth-order valence-corrected chi connectivity index (χ4v) is 3.36. The molecule has 0 bridgehead atoms. The van der Waals surface area contributed by atoms with Crippen LogP contribution in [0.3, 0.4) is 0 Å². The lowest BCUT2D eigenvalue weighted by Gasteiger charge is -2.32. The Morgan fingerprint density at radius 2 is 2.33 bits per heavy atom. The number of amides is 1. The summed E-state index contributed by atoms with van der Waals surface area (Å²) in [5.41, 5.74) is 2.84. The highest BCUT2D eigenvalue weighted by molar-refractivity contribution is 5.78. The van der Waals surface area contributed by atoms with Crippen LogP contribution in [0.5, 0.6) is 0 Å². The SMILES string of the molecule is Cc1cccn2cc(CC(=O)N3CCC[C@H](n4cncn4)C3)nc12. The highest BCUT2D eigenvalue weighted by Crippen LogP contribution is 2.21. The molecule has 0 N–H and O–H groups in total. The van der Waals surface area contributed by atoms with Gasteiger partial charge in [-0.15, -0.1) is 0 Å². The molecule has 1 saturated heterocycles. The molecule has 1 amide bonds. The molecule has 0 radical (unpaired) electrons. The number of fused-ring (bicyclic) bond motifs is 1. The van der Waals surface area contributed by atoms with Gasteiger partial charge in [-0.2, -0.15) is 5.10 Å². The molecule has 7 heteroatoms. The van der Waals surface area contributed by atoms with Gasteiger partial charge < -0.3 is 9.30 Å². The van der Waals surface area contributed by atoms with E-state index in [2.05, 4.69) is 15.1 Å². The highest BCUT2D eigenvalue weighted by atomic mass is 16.2. The van der Waals surface area contributed by atoms with Crippen LogP contribution in [0.15, 0.2) is 37.2 Å². The molecule has 0 saturated carbocycles. The average molecular weight is 324 g/mol. The maximum absolute atomic E-state index is 12.7. The highest BCUT2D eigenvalue weighted by Gasteiger charge is 2.25. The quantitative estimate of drug-likeness (QED) is 0.734. The minimum Gasteiger partial charge on any atom is -0.340 e. The third-order valence-electron chi connectivity index (χ3n) is 4.62. The normalized spacial score (nSPS) is 18.2. The number of likely N-dealkylation sites (tertiary alicyclic amines) is 1. The van der Waals surface area contributed by atoms with E-state index in [-0.39, 0.29) is 11.9 Å². The second-order valence-corrected chi connectivity index (χ2v) is 6.34. The van der Waals surface area contributed by atoms with Gasteiger partial charge in [-0.3, -0.25) is 4.79 Å². The van der Waals surface area contributed by atoms with Crippen LogP contribution < -0.4 is 0 Å². The van der Waals surface area contributed by atoms with Gasteiger partial charge in [0.1, 0.15) is 18.3 Å². The third kappa shape index (κ3) is 2.77. The largest absolute Gasteiger partial charge is 0.340 e. The molecule has 1 fully saturated rings. The summed E-state index contributed by atoms with van der Waals surface area (Å²) in [5.74, 6) is 0.126. The number of hydrogen-bond donors (Lipinski definition) is 0. The molecule has 1 aliphatic heterocycles. The number of pyridine rings is 1. The van der Waals surface area contributed by atoms with Crippen LogP contribution in [0, 0.1) is 6.92 Å². The van der Waals surface area contributed by atoms with Gasteiger partial charge in [0.05, 0.1) is 18.2 Å². The van der Waals surface area contributed by atoms with Crippen molar-refractivity contribution < 1.29 is 4.79 Å². The van der Waals surface area contributed by atoms with Gasteiger partial charge in [0.15, 0.2) is 0 Å². The van der Waals surface area contributed by atoms with Crippen molar-refractivity contribution in [3.8, 4) is 0 Å². The standard InChI is InChI=1S/C17H20N6O/c1-13-4-2-7-22-9-14(20-17(13)22)8-16(24)21-6-3-5-15(10-21)23-12-18-11-19-23/h2,4,7,9,11-12,15H,3,5-6,8,10H2,1H3/t15-/m0/s1. The van der Waals surface area contributed by atoms with Crippen LogP contribution >= 0.6 is 0 Å². The number of aryl methyl sites for hydroxylation is 1. The van der Waals surface area contributed by atoms with Crippen molar-refractivity contribution in [3.63, 3.8) is 0 Å². The molecule has 3 aromatic rings. The summed E-state index contributed by atoms with van der Waals surface area (Å²) in [6.45, 7) is 3.52. The van der Waals surface area contributed by atoms with Crippen molar-refractivity contribution >= 4 is 11.6 Å². The fraction of sp³-hybridized carbons (Fsp3) is 0.412. The number of piperidine rings is 1. The van der Waals surface area contributed by atoms with Crippen LogP contribution in [0.1, 0.15) is 30.1 Å². The monoisotopic (exact) mass is 324 g/mol. The Morgan fingerprint density at radius 3 is 3.12 bits per heavy atom. The minimum atomic E-state index is 0.126. The Labute approximate surface area is 139 Å². The Hall–Kier alpha value is -2.70. The van der Waals surface area contributed by atoms with E-state index in [1.165, 1.54) is 0 Å². The molecule has 0 unspecified atom stereocenters. The van der Waals surface area contributed by atoms with Crippen LogP contribution in [0.4, 0.5) is 0 Å². The molecule has 4 heterocycles. The smallest absolute Gasteiger partial charge is 0.228 e. The molecule has 0 aliphatic carbocycles. The summed E-state index contributed by atoms with van der Waals surface area (Å²) in [5, 5.41) is 4.21. The van der Waals surface area contributed by atoms with E-state index >= 15 is 0 Å². The van der Waals surface area contributed by atoms with Gasteiger partial charge in [-0.1, -0.05) is 6.07 Å². The Balaban J connectivity index is 1.47. The van der Waals surface area contributed by atoms with E-state index in [0.717, 1.165) is 36.3 Å². The van der Waals surface area contributed by atoms with E-state index in [9.17, 15) is 4.79 Å². The van der Waals surface area contributed by atoms with Gasteiger partial charge in [0, 0.05) is 25.5 Å². The molecule has 0 spiro atoms. The molecular formula is C17H20N6O. The third-order valence-corrected chi connectivity index (χ3v) is 4.62. The molecule has 1 atom stereocenters. The van der Waals surface area contributed by atoms with Gasteiger partial charge in [0.2, 0.25) is 5.91 Å². The second-order valence-electron chi connectivity index (χ2n) is 6.34. The number of nitrogens with zero attached hydrogens (tertiary/aromatic N) is 6. The Bertz CT molecular complexity index is 853. The van der Waals surface area contributed by atoms with E-state index < -0.39 is 0 Å². The lowest BCUT2D eigenvalue weighted by atomic mass is 10.1. The van der Waals surface area contributed by atoms with Crippen LogP contribution in [0.2, 0.25) is 0 Å². The first kappa shape index (κ1) is 14.9. The predicted octanol–water partition coefficient (Wildman–Crippen LogP) is 1.64. The zero-order chi connectivity index (χ0) is 16.5. The molecule has 124 valence electrons. The van der Waals surface area contributed by atoms with Crippen LogP contribution in [-0.2, 0) is 11.2 Å². The molecule has 24 heavy (non-hydrogen) atoms. The van der Waals surface area contributed by atoms with Crippen molar-refractivity contribution in [1.82, 2.24) is 29.0 Å². The Kier molecular flexibility index (Phi) is 3.76. The summed E-state index contributed by atoms with van der Waals surface area (Å²) >= 11 is 0. The van der Waals surface area contributed by atoms with Crippen molar-refractivity contribution in [3.05, 3.63) is 48.4 Å². The number of aromatic nitrogens is 5. The fourth-order valence-electron chi connectivity index (χ4n) is 3.36. The maximum atomic E-state index is 12.7. The first-order valence-electron chi connectivity index (χ1n) is 8.26. The molecule has 3 aromatic heterocycles. The van der Waals surface area contributed by atoms with Gasteiger partial charge in [-0.05, 0) is 31.4 Å².